The number of nitrogens with one attached hydrogen (secondary N) is 1. The Bertz CT molecular complexity index is 370. The highest BCUT2D eigenvalue weighted by molar-refractivity contribution is 5.87. The van der Waals surface area contributed by atoms with Gasteiger partial charge in [-0.1, -0.05) is 6.07 Å². The van der Waals surface area contributed by atoms with Crippen molar-refractivity contribution in [3.05, 3.63) is 34.9 Å². The molecule has 1 unspecified atom stereocenters. The lowest BCUT2D eigenvalue weighted by Gasteiger charge is -2.29. The number of rotatable bonds is 2. The van der Waals surface area contributed by atoms with Gasteiger partial charge >= 0.3 is 5.97 Å². The maximum atomic E-state index is 10.7. The van der Waals surface area contributed by atoms with E-state index in [4.69, 9.17) is 5.11 Å². The van der Waals surface area contributed by atoms with Gasteiger partial charge in [-0.05, 0) is 43.1 Å². The summed E-state index contributed by atoms with van der Waals surface area (Å²) in [6.45, 7) is 3.02. The normalized spacial score (nSPS) is 20.2. The van der Waals surface area contributed by atoms with Gasteiger partial charge < -0.3 is 10.4 Å². The summed E-state index contributed by atoms with van der Waals surface area (Å²) in [5, 5.41) is 12.1. The summed E-state index contributed by atoms with van der Waals surface area (Å²) in [4.78, 5) is 10.7. The quantitative estimate of drug-likeness (QED) is 0.748. The minimum Gasteiger partial charge on any atom is -0.478 e. The van der Waals surface area contributed by atoms with Crippen molar-refractivity contribution in [1.29, 1.82) is 0 Å². The van der Waals surface area contributed by atoms with Crippen LogP contribution in [0.3, 0.4) is 0 Å². The van der Waals surface area contributed by atoms with Crippen LogP contribution >= 0.6 is 0 Å². The number of aryl methyl sites for hydroxylation is 1. The molecular formula is C11H13NO2. The van der Waals surface area contributed by atoms with Crippen LogP contribution in [-0.4, -0.2) is 17.6 Å². The van der Waals surface area contributed by atoms with Crippen molar-refractivity contribution in [3.63, 3.8) is 0 Å². The molecule has 0 radical (unpaired) electrons. The van der Waals surface area contributed by atoms with Crippen LogP contribution in [0, 0.1) is 6.92 Å². The highest BCUT2D eigenvalue weighted by atomic mass is 16.4. The number of carboxylic acids is 1. The Kier molecular flexibility index (Phi) is 2.25. The first-order valence-corrected chi connectivity index (χ1v) is 4.75. The molecule has 1 atom stereocenters. The van der Waals surface area contributed by atoms with Crippen LogP contribution in [0.5, 0.6) is 0 Å². The molecule has 0 aromatic heterocycles. The fraction of sp³-hybridized carbons (Fsp3) is 0.364. The predicted octanol–water partition coefficient (Wildman–Crippen LogP) is 1.73. The van der Waals surface area contributed by atoms with E-state index in [2.05, 4.69) is 5.32 Å². The molecule has 1 aromatic carbocycles. The van der Waals surface area contributed by atoms with Crippen molar-refractivity contribution >= 4 is 5.97 Å². The Hall–Kier alpha value is -1.35. The molecule has 1 saturated heterocycles. The molecule has 3 nitrogen and oxygen atoms in total. The molecule has 1 aliphatic heterocycles. The van der Waals surface area contributed by atoms with Crippen molar-refractivity contribution in [2.45, 2.75) is 19.4 Å². The van der Waals surface area contributed by atoms with Gasteiger partial charge in [0.25, 0.3) is 0 Å². The van der Waals surface area contributed by atoms with Crippen molar-refractivity contribution in [2.75, 3.05) is 6.54 Å². The molecule has 0 amide bonds. The van der Waals surface area contributed by atoms with Gasteiger partial charge in [-0.2, -0.15) is 0 Å². The van der Waals surface area contributed by atoms with E-state index in [-0.39, 0.29) is 0 Å². The number of carbonyl (C=O) groups is 1. The molecule has 14 heavy (non-hydrogen) atoms. The van der Waals surface area contributed by atoms with E-state index in [9.17, 15) is 4.79 Å². The summed E-state index contributed by atoms with van der Waals surface area (Å²) in [5.41, 5.74) is 2.65. The second-order valence-electron chi connectivity index (χ2n) is 3.67. The molecule has 3 heteroatoms. The van der Waals surface area contributed by atoms with Gasteiger partial charge in [0.05, 0.1) is 5.56 Å². The summed E-state index contributed by atoms with van der Waals surface area (Å²) in [6, 6.07) is 5.75. The average molecular weight is 191 g/mol. The summed E-state index contributed by atoms with van der Waals surface area (Å²) >= 11 is 0. The zero-order chi connectivity index (χ0) is 10.1. The fourth-order valence-corrected chi connectivity index (χ4v) is 1.75. The monoisotopic (exact) mass is 191 g/mol. The predicted molar refractivity (Wildman–Crippen MR) is 53.5 cm³/mol. The molecule has 0 saturated carbocycles. The number of aromatic carboxylic acids is 1. The molecule has 74 valence electrons. The lowest BCUT2D eigenvalue weighted by molar-refractivity contribution is 0.0696. The van der Waals surface area contributed by atoms with Gasteiger partial charge in [-0.3, -0.25) is 0 Å². The van der Waals surface area contributed by atoms with Gasteiger partial charge in [0.2, 0.25) is 0 Å². The molecule has 0 aliphatic carbocycles. The van der Waals surface area contributed by atoms with Gasteiger partial charge in [-0.25, -0.2) is 4.79 Å². The average Bonchev–Trinajstić information content (AvgIpc) is 2.04. The van der Waals surface area contributed by atoms with Crippen LogP contribution in [0.2, 0.25) is 0 Å². The first kappa shape index (κ1) is 9.21. The zero-order valence-electron chi connectivity index (χ0n) is 8.08. The van der Waals surface area contributed by atoms with Gasteiger partial charge in [-0.15, -0.1) is 0 Å². The van der Waals surface area contributed by atoms with Crippen LogP contribution in [-0.2, 0) is 0 Å². The maximum Gasteiger partial charge on any atom is 0.335 e. The zero-order valence-corrected chi connectivity index (χ0v) is 8.08. The lowest BCUT2D eigenvalue weighted by atomic mass is 9.93. The maximum absolute atomic E-state index is 10.7. The third-order valence-electron chi connectivity index (χ3n) is 2.72. The van der Waals surface area contributed by atoms with Crippen LogP contribution in [0.25, 0.3) is 0 Å². The van der Waals surface area contributed by atoms with Crippen molar-refractivity contribution in [3.8, 4) is 0 Å². The third-order valence-corrected chi connectivity index (χ3v) is 2.72. The molecule has 2 N–H and O–H groups in total. The number of carboxylic acid groups (broad SMARTS) is 1. The molecule has 1 heterocycles. The minimum atomic E-state index is -0.860. The second-order valence-corrected chi connectivity index (χ2v) is 3.67. The Labute approximate surface area is 82.8 Å². The Balaban J connectivity index is 2.30. The van der Waals surface area contributed by atoms with E-state index < -0.39 is 5.97 Å². The van der Waals surface area contributed by atoms with Crippen LogP contribution < -0.4 is 5.32 Å². The standard InChI is InChI=1S/C11H13NO2/c1-7-6-8(11(13)14)2-3-9(7)10-4-5-12-10/h2-3,6,10,12H,4-5H2,1H3,(H,13,14). The SMILES string of the molecule is Cc1cc(C(=O)O)ccc1C1CCN1. The van der Waals surface area contributed by atoms with E-state index in [1.54, 1.807) is 12.1 Å². The minimum absolute atomic E-state index is 0.366. The molecule has 0 spiro atoms. The van der Waals surface area contributed by atoms with Crippen LogP contribution in [0.1, 0.15) is 33.9 Å². The number of hydrogen-bond acceptors (Lipinski definition) is 2. The van der Waals surface area contributed by atoms with Crippen molar-refractivity contribution < 1.29 is 9.90 Å². The smallest absolute Gasteiger partial charge is 0.335 e. The highest BCUT2D eigenvalue weighted by Gasteiger charge is 2.20. The summed E-state index contributed by atoms with van der Waals surface area (Å²) < 4.78 is 0. The van der Waals surface area contributed by atoms with E-state index in [1.807, 2.05) is 13.0 Å². The first-order chi connectivity index (χ1) is 6.68. The molecule has 0 bridgehead atoms. The van der Waals surface area contributed by atoms with E-state index >= 15 is 0 Å². The Morgan fingerprint density at radius 3 is 2.71 bits per heavy atom. The summed E-state index contributed by atoms with van der Waals surface area (Å²) in [7, 11) is 0. The fourth-order valence-electron chi connectivity index (χ4n) is 1.75. The van der Waals surface area contributed by atoms with Gasteiger partial charge in [0.1, 0.15) is 0 Å². The second kappa shape index (κ2) is 3.42. The Morgan fingerprint density at radius 2 is 2.29 bits per heavy atom. The molecule has 2 rings (SSSR count). The van der Waals surface area contributed by atoms with Crippen molar-refractivity contribution in [2.24, 2.45) is 0 Å². The molecule has 1 aromatic rings. The summed E-state index contributed by atoms with van der Waals surface area (Å²) in [6.07, 6.45) is 1.15. The van der Waals surface area contributed by atoms with Crippen LogP contribution in [0.4, 0.5) is 0 Å². The largest absolute Gasteiger partial charge is 0.478 e. The van der Waals surface area contributed by atoms with E-state index in [0.717, 1.165) is 18.5 Å². The Morgan fingerprint density at radius 1 is 1.57 bits per heavy atom. The van der Waals surface area contributed by atoms with Gasteiger partial charge in [0, 0.05) is 6.04 Å². The molecular weight excluding hydrogens is 178 g/mol. The summed E-state index contributed by atoms with van der Waals surface area (Å²) in [5.74, 6) is -0.860. The first-order valence-electron chi connectivity index (χ1n) is 4.75. The van der Waals surface area contributed by atoms with Crippen LogP contribution in [0.15, 0.2) is 18.2 Å². The van der Waals surface area contributed by atoms with E-state index in [0.29, 0.717) is 11.6 Å². The van der Waals surface area contributed by atoms with E-state index in [1.165, 1.54) is 5.56 Å². The van der Waals surface area contributed by atoms with Gasteiger partial charge in [0.15, 0.2) is 0 Å². The highest BCUT2D eigenvalue weighted by Crippen LogP contribution is 2.26. The number of hydrogen-bond donors (Lipinski definition) is 2. The lowest BCUT2D eigenvalue weighted by Crippen LogP contribution is -2.35. The molecule has 1 aliphatic rings. The van der Waals surface area contributed by atoms with Crippen molar-refractivity contribution in [1.82, 2.24) is 5.32 Å². The number of benzene rings is 1. The third kappa shape index (κ3) is 1.51. The topological polar surface area (TPSA) is 49.3 Å². The molecule has 1 fully saturated rings.